The number of amides is 1. The first-order valence-electron chi connectivity index (χ1n) is 10.9. The first kappa shape index (κ1) is 23.4. The van der Waals surface area contributed by atoms with Crippen LogP contribution in [0.3, 0.4) is 0 Å². The maximum Gasteiger partial charge on any atom is 0.410 e. The number of anilines is 1. The van der Waals surface area contributed by atoms with E-state index in [0.717, 1.165) is 16.8 Å². The van der Waals surface area contributed by atoms with Crippen LogP contribution in [-0.2, 0) is 11.3 Å². The lowest BCUT2D eigenvalue weighted by Gasteiger charge is -2.40. The maximum atomic E-state index is 12.8. The average Bonchev–Trinajstić information content (AvgIpc) is 2.83. The Morgan fingerprint density at radius 1 is 1.03 bits per heavy atom. The lowest BCUT2D eigenvalue weighted by Crippen LogP contribution is -2.49. The molecule has 7 heteroatoms. The molecule has 1 amide bonds. The number of likely N-dealkylation sites (tertiary alicyclic amines) is 1. The highest BCUT2D eigenvalue weighted by atomic mass is 35.5. The summed E-state index contributed by atoms with van der Waals surface area (Å²) in [6, 6.07) is 24.3. The van der Waals surface area contributed by atoms with Gasteiger partial charge in [-0.25, -0.2) is 4.79 Å². The summed E-state index contributed by atoms with van der Waals surface area (Å²) in [5, 5.41) is 15.7. The van der Waals surface area contributed by atoms with Crippen molar-refractivity contribution in [2.75, 3.05) is 18.4 Å². The van der Waals surface area contributed by atoms with Crippen LogP contribution in [0.15, 0.2) is 78.9 Å². The van der Waals surface area contributed by atoms with Crippen LogP contribution in [-0.4, -0.2) is 35.3 Å². The predicted molar refractivity (Wildman–Crippen MR) is 132 cm³/mol. The second-order valence-corrected chi connectivity index (χ2v) is 9.06. The summed E-state index contributed by atoms with van der Waals surface area (Å²) in [7, 11) is 0. The third kappa shape index (κ3) is 6.20. The minimum absolute atomic E-state index is 0.212. The van der Waals surface area contributed by atoms with Crippen molar-refractivity contribution < 1.29 is 14.6 Å². The molecule has 3 aromatic carbocycles. The molecule has 1 aliphatic heterocycles. The number of halogens is 2. The van der Waals surface area contributed by atoms with Gasteiger partial charge in [0.25, 0.3) is 0 Å². The summed E-state index contributed by atoms with van der Waals surface area (Å²) in [4.78, 5) is 14.5. The number of ether oxygens (including phenoxy) is 1. The molecule has 1 aliphatic rings. The quantitative estimate of drug-likeness (QED) is 0.439. The van der Waals surface area contributed by atoms with Gasteiger partial charge in [-0.1, -0.05) is 65.7 Å². The van der Waals surface area contributed by atoms with Crippen LogP contribution >= 0.6 is 23.2 Å². The standard InChI is InChI=1S/C26H26Cl2N2O3/c27-20-9-11-22(12-10-20)29-25(19-7-4-8-21(28)15-19)23-16-30(14-13-24(23)31)26(32)33-17-18-5-2-1-3-6-18/h1-12,15,23-25,29,31H,13-14,16-17H2/t23-,24-,25-/m1/s1. The van der Waals surface area contributed by atoms with Crippen LogP contribution in [0.2, 0.25) is 10.0 Å². The van der Waals surface area contributed by atoms with Crippen LogP contribution in [0.25, 0.3) is 0 Å². The van der Waals surface area contributed by atoms with E-state index in [9.17, 15) is 9.90 Å². The molecule has 0 bridgehead atoms. The monoisotopic (exact) mass is 484 g/mol. The smallest absolute Gasteiger partial charge is 0.410 e. The molecule has 1 heterocycles. The molecule has 4 rings (SSSR count). The minimum Gasteiger partial charge on any atom is -0.445 e. The Balaban J connectivity index is 1.52. The van der Waals surface area contributed by atoms with Gasteiger partial charge in [0.1, 0.15) is 6.61 Å². The average molecular weight is 485 g/mol. The molecule has 0 aliphatic carbocycles. The topological polar surface area (TPSA) is 61.8 Å². The Labute approximate surface area is 203 Å². The highest BCUT2D eigenvalue weighted by Gasteiger charge is 2.37. The van der Waals surface area contributed by atoms with Crippen molar-refractivity contribution in [1.82, 2.24) is 4.90 Å². The summed E-state index contributed by atoms with van der Waals surface area (Å²) in [5.74, 6) is -0.267. The zero-order valence-corrected chi connectivity index (χ0v) is 19.5. The first-order chi connectivity index (χ1) is 16.0. The Morgan fingerprint density at radius 2 is 1.79 bits per heavy atom. The van der Waals surface area contributed by atoms with Gasteiger partial charge in [0.15, 0.2) is 0 Å². The van der Waals surface area contributed by atoms with Crippen molar-refractivity contribution in [2.45, 2.75) is 25.2 Å². The van der Waals surface area contributed by atoms with Gasteiger partial charge in [0, 0.05) is 34.7 Å². The van der Waals surface area contributed by atoms with E-state index in [1.54, 1.807) is 4.90 Å². The highest BCUT2D eigenvalue weighted by molar-refractivity contribution is 6.30. The largest absolute Gasteiger partial charge is 0.445 e. The molecule has 1 saturated heterocycles. The predicted octanol–water partition coefficient (Wildman–Crippen LogP) is 6.17. The van der Waals surface area contributed by atoms with Crippen molar-refractivity contribution >= 4 is 35.0 Å². The molecule has 3 aromatic rings. The van der Waals surface area contributed by atoms with Crippen LogP contribution in [0, 0.1) is 5.92 Å². The number of carbonyl (C=O) groups is 1. The molecule has 0 unspecified atom stereocenters. The van der Waals surface area contributed by atoms with Crippen molar-refractivity contribution in [2.24, 2.45) is 5.92 Å². The van der Waals surface area contributed by atoms with Crippen molar-refractivity contribution in [3.05, 3.63) is 100 Å². The number of benzene rings is 3. The number of aliphatic hydroxyl groups is 1. The van der Waals surface area contributed by atoms with Crippen LogP contribution in [0.4, 0.5) is 10.5 Å². The third-order valence-corrected chi connectivity index (χ3v) is 6.37. The lowest BCUT2D eigenvalue weighted by atomic mass is 9.84. The lowest BCUT2D eigenvalue weighted by molar-refractivity contribution is 0.0117. The number of nitrogens with zero attached hydrogens (tertiary/aromatic N) is 1. The summed E-state index contributed by atoms with van der Waals surface area (Å²) in [5.41, 5.74) is 2.72. The summed E-state index contributed by atoms with van der Waals surface area (Å²) >= 11 is 12.3. The van der Waals surface area contributed by atoms with Crippen LogP contribution in [0.1, 0.15) is 23.6 Å². The minimum atomic E-state index is -0.591. The van der Waals surface area contributed by atoms with E-state index in [1.165, 1.54) is 0 Å². The van der Waals surface area contributed by atoms with Gasteiger partial charge in [-0.3, -0.25) is 0 Å². The Kier molecular flexibility index (Phi) is 7.76. The molecule has 0 spiro atoms. The normalized spacial score (nSPS) is 19.1. The van der Waals surface area contributed by atoms with Gasteiger partial charge in [0.2, 0.25) is 0 Å². The molecule has 2 N–H and O–H groups in total. The molecule has 5 nitrogen and oxygen atoms in total. The number of hydrogen-bond acceptors (Lipinski definition) is 4. The fourth-order valence-electron chi connectivity index (χ4n) is 4.14. The summed E-state index contributed by atoms with van der Waals surface area (Å²) < 4.78 is 5.54. The fourth-order valence-corrected chi connectivity index (χ4v) is 4.46. The molecule has 0 radical (unpaired) electrons. The number of aliphatic hydroxyl groups excluding tert-OH is 1. The van der Waals surface area contributed by atoms with Crippen molar-refractivity contribution in [3.8, 4) is 0 Å². The van der Waals surface area contributed by atoms with Gasteiger partial charge in [-0.15, -0.1) is 0 Å². The second kappa shape index (κ2) is 10.9. The van der Waals surface area contributed by atoms with Crippen molar-refractivity contribution in [1.29, 1.82) is 0 Å². The van der Waals surface area contributed by atoms with E-state index in [4.69, 9.17) is 27.9 Å². The van der Waals surface area contributed by atoms with Gasteiger partial charge in [-0.2, -0.15) is 0 Å². The molecule has 3 atom stereocenters. The molecule has 0 saturated carbocycles. The zero-order valence-electron chi connectivity index (χ0n) is 18.0. The van der Waals surface area contributed by atoms with E-state index in [-0.39, 0.29) is 24.7 Å². The molecular formula is C26H26Cl2N2O3. The van der Waals surface area contributed by atoms with Gasteiger partial charge in [0.05, 0.1) is 12.1 Å². The Bertz CT molecular complexity index is 1060. The Hall–Kier alpha value is -2.73. The number of carbonyl (C=O) groups excluding carboxylic acids is 1. The van der Waals surface area contributed by atoms with E-state index >= 15 is 0 Å². The number of rotatable bonds is 6. The SMILES string of the molecule is O=C(OCc1ccccc1)N1CC[C@@H](O)[C@H]([C@H](Nc2ccc(Cl)cc2)c2cccc(Cl)c2)C1. The molecular weight excluding hydrogens is 459 g/mol. The summed E-state index contributed by atoms with van der Waals surface area (Å²) in [6.07, 6.45) is -0.510. The van der Waals surface area contributed by atoms with E-state index in [0.29, 0.717) is 29.6 Å². The number of nitrogens with one attached hydrogen (secondary N) is 1. The molecule has 172 valence electrons. The fraction of sp³-hybridized carbons (Fsp3) is 0.269. The van der Waals surface area contributed by atoms with Crippen LogP contribution in [0.5, 0.6) is 0 Å². The van der Waals surface area contributed by atoms with Gasteiger partial charge in [-0.05, 0) is 53.9 Å². The number of hydrogen-bond donors (Lipinski definition) is 2. The van der Waals surface area contributed by atoms with E-state index < -0.39 is 6.10 Å². The summed E-state index contributed by atoms with van der Waals surface area (Å²) in [6.45, 7) is 1.01. The zero-order chi connectivity index (χ0) is 23.2. The van der Waals surface area contributed by atoms with Crippen molar-refractivity contribution in [3.63, 3.8) is 0 Å². The second-order valence-electron chi connectivity index (χ2n) is 8.19. The maximum absolute atomic E-state index is 12.8. The van der Waals surface area contributed by atoms with Gasteiger partial charge >= 0.3 is 6.09 Å². The van der Waals surface area contributed by atoms with Crippen LogP contribution < -0.4 is 5.32 Å². The first-order valence-corrected chi connectivity index (χ1v) is 11.7. The molecule has 1 fully saturated rings. The number of piperidine rings is 1. The molecule has 33 heavy (non-hydrogen) atoms. The van der Waals surface area contributed by atoms with Gasteiger partial charge < -0.3 is 20.1 Å². The third-order valence-electron chi connectivity index (χ3n) is 5.89. The van der Waals surface area contributed by atoms with E-state index in [2.05, 4.69) is 5.32 Å². The van der Waals surface area contributed by atoms with E-state index in [1.807, 2.05) is 78.9 Å². The Morgan fingerprint density at radius 3 is 2.52 bits per heavy atom. The molecule has 0 aromatic heterocycles. The highest BCUT2D eigenvalue weighted by Crippen LogP contribution is 2.34.